The van der Waals surface area contributed by atoms with Crippen LogP contribution in [0.15, 0.2) is 0 Å². The minimum Gasteiger partial charge on any atom is -0.377 e. The van der Waals surface area contributed by atoms with Crippen molar-refractivity contribution < 1.29 is 4.74 Å². The molecule has 16 heavy (non-hydrogen) atoms. The normalized spacial score (nSPS) is 30.3. The zero-order chi connectivity index (χ0) is 12.2. The summed E-state index contributed by atoms with van der Waals surface area (Å²) < 4.78 is 5.57. The summed E-state index contributed by atoms with van der Waals surface area (Å²) in [5, 5.41) is 12.5. The molecule has 0 spiro atoms. The second-order valence-electron chi connectivity index (χ2n) is 5.71. The number of hydrogen-bond donors (Lipinski definition) is 1. The van der Waals surface area contributed by atoms with Gasteiger partial charge in [-0.2, -0.15) is 5.26 Å². The van der Waals surface area contributed by atoms with Crippen molar-refractivity contribution in [3.05, 3.63) is 0 Å². The Bertz CT molecular complexity index is 270. The standard InChI is InChI=1S/C13H24N2O/c1-11-13(4,7-9-16-11)15-8-5-6-12(2,3)10-14/h11,15H,5-9H2,1-4H3. The molecule has 1 aliphatic heterocycles. The van der Waals surface area contributed by atoms with Gasteiger partial charge in [0.25, 0.3) is 0 Å². The Morgan fingerprint density at radius 3 is 2.75 bits per heavy atom. The quantitative estimate of drug-likeness (QED) is 0.730. The Balaban J connectivity index is 2.24. The Morgan fingerprint density at radius 1 is 1.56 bits per heavy atom. The zero-order valence-electron chi connectivity index (χ0n) is 11.0. The molecular formula is C13H24N2O. The molecule has 0 radical (unpaired) electrons. The van der Waals surface area contributed by atoms with E-state index < -0.39 is 0 Å². The van der Waals surface area contributed by atoms with Gasteiger partial charge in [-0.3, -0.25) is 0 Å². The number of rotatable bonds is 5. The molecule has 0 aromatic carbocycles. The molecule has 1 saturated heterocycles. The first kappa shape index (κ1) is 13.5. The van der Waals surface area contributed by atoms with Gasteiger partial charge in [-0.15, -0.1) is 0 Å². The minimum atomic E-state index is -0.194. The maximum absolute atomic E-state index is 8.91. The Hall–Kier alpha value is -0.590. The first-order valence-corrected chi connectivity index (χ1v) is 6.17. The SMILES string of the molecule is CC1OCCC1(C)NCCCC(C)(C)C#N. The van der Waals surface area contributed by atoms with E-state index in [0.29, 0.717) is 0 Å². The molecule has 3 heteroatoms. The lowest BCUT2D eigenvalue weighted by Gasteiger charge is -2.29. The summed E-state index contributed by atoms with van der Waals surface area (Å²) in [5.41, 5.74) is -0.0723. The van der Waals surface area contributed by atoms with Gasteiger partial charge in [0.15, 0.2) is 0 Å². The Labute approximate surface area is 99.2 Å². The molecule has 92 valence electrons. The van der Waals surface area contributed by atoms with Crippen LogP contribution in [0.4, 0.5) is 0 Å². The van der Waals surface area contributed by atoms with Crippen molar-refractivity contribution in [2.75, 3.05) is 13.2 Å². The van der Waals surface area contributed by atoms with Crippen molar-refractivity contribution in [1.29, 1.82) is 5.26 Å². The number of hydrogen-bond acceptors (Lipinski definition) is 3. The topological polar surface area (TPSA) is 45.0 Å². The van der Waals surface area contributed by atoms with Crippen LogP contribution in [0.3, 0.4) is 0 Å². The van der Waals surface area contributed by atoms with Crippen LogP contribution in [0.1, 0.15) is 47.0 Å². The summed E-state index contributed by atoms with van der Waals surface area (Å²) in [6.45, 7) is 10.2. The summed E-state index contributed by atoms with van der Waals surface area (Å²) in [4.78, 5) is 0. The molecule has 1 heterocycles. The van der Waals surface area contributed by atoms with Gasteiger partial charge in [0.1, 0.15) is 0 Å². The summed E-state index contributed by atoms with van der Waals surface area (Å²) in [6.07, 6.45) is 3.36. The van der Waals surface area contributed by atoms with Crippen LogP contribution in [0.5, 0.6) is 0 Å². The van der Waals surface area contributed by atoms with Crippen LogP contribution in [0, 0.1) is 16.7 Å². The van der Waals surface area contributed by atoms with Crippen LogP contribution in [-0.2, 0) is 4.74 Å². The van der Waals surface area contributed by atoms with Gasteiger partial charge in [-0.1, -0.05) is 0 Å². The first-order valence-electron chi connectivity index (χ1n) is 6.17. The molecular weight excluding hydrogens is 200 g/mol. The Kier molecular flexibility index (Phi) is 4.35. The maximum Gasteiger partial charge on any atom is 0.0726 e. The highest BCUT2D eigenvalue weighted by atomic mass is 16.5. The zero-order valence-corrected chi connectivity index (χ0v) is 11.0. The van der Waals surface area contributed by atoms with Gasteiger partial charge in [0.05, 0.1) is 17.6 Å². The third kappa shape index (κ3) is 3.47. The fourth-order valence-electron chi connectivity index (χ4n) is 2.03. The van der Waals surface area contributed by atoms with E-state index in [1.165, 1.54) is 0 Å². The van der Waals surface area contributed by atoms with Crippen LogP contribution in [0.2, 0.25) is 0 Å². The van der Waals surface area contributed by atoms with E-state index in [4.69, 9.17) is 10.00 Å². The summed E-state index contributed by atoms with van der Waals surface area (Å²) in [5.74, 6) is 0. The molecule has 3 nitrogen and oxygen atoms in total. The van der Waals surface area contributed by atoms with Gasteiger partial charge >= 0.3 is 0 Å². The van der Waals surface area contributed by atoms with E-state index in [2.05, 4.69) is 25.2 Å². The van der Waals surface area contributed by atoms with Gasteiger partial charge in [0.2, 0.25) is 0 Å². The second kappa shape index (κ2) is 5.16. The van der Waals surface area contributed by atoms with E-state index in [1.807, 2.05) is 13.8 Å². The molecule has 1 N–H and O–H groups in total. The largest absolute Gasteiger partial charge is 0.377 e. The van der Waals surface area contributed by atoms with Gasteiger partial charge in [-0.25, -0.2) is 0 Å². The smallest absolute Gasteiger partial charge is 0.0726 e. The van der Waals surface area contributed by atoms with E-state index in [-0.39, 0.29) is 17.1 Å². The molecule has 0 amide bonds. The van der Waals surface area contributed by atoms with Crippen molar-refractivity contribution in [1.82, 2.24) is 5.32 Å². The van der Waals surface area contributed by atoms with Crippen molar-refractivity contribution in [3.8, 4) is 6.07 Å². The van der Waals surface area contributed by atoms with Crippen molar-refractivity contribution >= 4 is 0 Å². The summed E-state index contributed by atoms with van der Waals surface area (Å²) >= 11 is 0. The fraction of sp³-hybridized carbons (Fsp3) is 0.923. The molecule has 2 atom stereocenters. The highest BCUT2D eigenvalue weighted by molar-refractivity contribution is 4.94. The van der Waals surface area contributed by atoms with Gasteiger partial charge in [0, 0.05) is 12.1 Å². The highest BCUT2D eigenvalue weighted by Gasteiger charge is 2.36. The monoisotopic (exact) mass is 224 g/mol. The van der Waals surface area contributed by atoms with Gasteiger partial charge < -0.3 is 10.1 Å². The molecule has 1 aliphatic rings. The van der Waals surface area contributed by atoms with E-state index in [1.54, 1.807) is 0 Å². The molecule has 1 rings (SSSR count). The fourth-order valence-corrected chi connectivity index (χ4v) is 2.03. The van der Waals surface area contributed by atoms with E-state index >= 15 is 0 Å². The molecule has 0 aromatic heterocycles. The van der Waals surface area contributed by atoms with Gasteiger partial charge in [-0.05, 0) is 53.5 Å². The lowest BCUT2D eigenvalue weighted by atomic mass is 9.89. The Morgan fingerprint density at radius 2 is 2.25 bits per heavy atom. The lowest BCUT2D eigenvalue weighted by molar-refractivity contribution is 0.0885. The van der Waals surface area contributed by atoms with Crippen LogP contribution >= 0.6 is 0 Å². The molecule has 0 aromatic rings. The van der Waals surface area contributed by atoms with Crippen LogP contribution < -0.4 is 5.32 Å². The molecule has 0 bridgehead atoms. The van der Waals surface area contributed by atoms with Crippen LogP contribution in [0.25, 0.3) is 0 Å². The maximum atomic E-state index is 8.91. The van der Waals surface area contributed by atoms with E-state index in [9.17, 15) is 0 Å². The lowest BCUT2D eigenvalue weighted by Crippen LogP contribution is -2.48. The highest BCUT2D eigenvalue weighted by Crippen LogP contribution is 2.25. The van der Waals surface area contributed by atoms with E-state index in [0.717, 1.165) is 32.4 Å². The number of nitrogens with zero attached hydrogens (tertiary/aromatic N) is 1. The average molecular weight is 224 g/mol. The first-order chi connectivity index (χ1) is 7.40. The number of ether oxygens (including phenoxy) is 1. The second-order valence-corrected chi connectivity index (χ2v) is 5.71. The number of nitriles is 1. The number of nitrogens with one attached hydrogen (secondary N) is 1. The molecule has 2 unspecified atom stereocenters. The molecule has 1 fully saturated rings. The third-order valence-corrected chi connectivity index (χ3v) is 3.70. The van der Waals surface area contributed by atoms with Crippen molar-refractivity contribution in [3.63, 3.8) is 0 Å². The summed E-state index contributed by atoms with van der Waals surface area (Å²) in [6, 6.07) is 2.34. The summed E-state index contributed by atoms with van der Waals surface area (Å²) in [7, 11) is 0. The van der Waals surface area contributed by atoms with Crippen molar-refractivity contribution in [2.45, 2.75) is 58.6 Å². The van der Waals surface area contributed by atoms with Crippen molar-refractivity contribution in [2.24, 2.45) is 5.41 Å². The molecule has 0 aliphatic carbocycles. The average Bonchev–Trinajstić information content (AvgIpc) is 2.55. The predicted octanol–water partition coefficient (Wildman–Crippen LogP) is 2.47. The molecule has 0 saturated carbocycles. The predicted molar refractivity (Wildman–Crippen MR) is 65.1 cm³/mol. The minimum absolute atomic E-state index is 0.122. The third-order valence-electron chi connectivity index (χ3n) is 3.70. The van der Waals surface area contributed by atoms with Crippen LogP contribution in [-0.4, -0.2) is 24.8 Å².